The van der Waals surface area contributed by atoms with Gasteiger partial charge in [-0.3, -0.25) is 4.79 Å². The van der Waals surface area contributed by atoms with Crippen molar-refractivity contribution in [2.45, 2.75) is 155 Å². The van der Waals surface area contributed by atoms with E-state index in [1.807, 2.05) is 6.92 Å². The smallest absolute Gasteiger partial charge is 0.306 e. The number of hydrogen-bond donors (Lipinski definition) is 1. The molecule has 0 aliphatic carbocycles. The maximum absolute atomic E-state index is 11.6. The molecule has 0 aliphatic heterocycles. The van der Waals surface area contributed by atoms with Gasteiger partial charge in [-0.05, 0) is 12.8 Å². The normalized spacial score (nSPS) is 12.2. The lowest BCUT2D eigenvalue weighted by Gasteiger charge is -2.12. The highest BCUT2D eigenvalue weighted by Crippen LogP contribution is 2.15. The molecule has 0 saturated heterocycles. The zero-order valence-corrected chi connectivity index (χ0v) is 19.9. The predicted molar refractivity (Wildman–Crippen MR) is 125 cm³/mol. The molecule has 0 saturated carbocycles. The third-order valence-corrected chi connectivity index (χ3v) is 5.94. The Balaban J connectivity index is 3.14. The highest BCUT2D eigenvalue weighted by molar-refractivity contribution is 5.69. The summed E-state index contributed by atoms with van der Waals surface area (Å²) in [6.07, 6.45) is 26.7. The molecule has 1 atom stereocenters. The van der Waals surface area contributed by atoms with Gasteiger partial charge >= 0.3 is 5.97 Å². The molecule has 0 aromatic heterocycles. The summed E-state index contributed by atoms with van der Waals surface area (Å²) < 4.78 is 5.20. The Morgan fingerprint density at radius 1 is 0.621 bits per heavy atom. The van der Waals surface area contributed by atoms with Crippen LogP contribution >= 0.6 is 0 Å². The third kappa shape index (κ3) is 21.9. The summed E-state index contributed by atoms with van der Waals surface area (Å²) in [5.41, 5.74) is 0. The van der Waals surface area contributed by atoms with Gasteiger partial charge in [-0.25, -0.2) is 0 Å². The summed E-state index contributed by atoms with van der Waals surface area (Å²) in [6.45, 7) is 4.14. The summed E-state index contributed by atoms with van der Waals surface area (Å²) in [5, 5.41) is 9.03. The minimum absolute atomic E-state index is 0.0680. The van der Waals surface area contributed by atoms with E-state index in [1.165, 1.54) is 109 Å². The number of carbonyl (C=O) groups excluding carboxylic acids is 1. The molecule has 1 N–H and O–H groups in total. The third-order valence-electron chi connectivity index (χ3n) is 5.94. The number of ether oxygens (including phenoxy) is 1. The van der Waals surface area contributed by atoms with E-state index in [0.29, 0.717) is 12.8 Å². The fourth-order valence-electron chi connectivity index (χ4n) is 3.84. The standard InChI is InChI=1S/C26H52O3/c1-3-5-6-7-8-9-10-11-12-13-14-15-16-17-18-19-20-21-22-23-26(28)29-25(4-2)24-27/h25,27H,3-24H2,1-2H3. The molecule has 0 amide bonds. The molecular formula is C26H52O3. The maximum atomic E-state index is 11.6. The second kappa shape index (κ2) is 23.7. The molecular weight excluding hydrogens is 360 g/mol. The first kappa shape index (κ1) is 28.4. The van der Waals surface area contributed by atoms with Gasteiger partial charge in [0.2, 0.25) is 0 Å². The molecule has 0 spiro atoms. The minimum atomic E-state index is -0.317. The largest absolute Gasteiger partial charge is 0.460 e. The zero-order valence-electron chi connectivity index (χ0n) is 19.9. The Morgan fingerprint density at radius 3 is 1.28 bits per heavy atom. The summed E-state index contributed by atoms with van der Waals surface area (Å²) in [4.78, 5) is 11.6. The second-order valence-corrected chi connectivity index (χ2v) is 8.82. The fraction of sp³-hybridized carbons (Fsp3) is 0.962. The number of aliphatic hydroxyl groups excluding tert-OH is 1. The van der Waals surface area contributed by atoms with E-state index in [-0.39, 0.29) is 18.7 Å². The molecule has 0 rings (SSSR count). The van der Waals surface area contributed by atoms with E-state index in [4.69, 9.17) is 9.84 Å². The van der Waals surface area contributed by atoms with Gasteiger partial charge in [0.05, 0.1) is 6.61 Å². The molecule has 174 valence electrons. The lowest BCUT2D eigenvalue weighted by atomic mass is 10.0. The highest BCUT2D eigenvalue weighted by Gasteiger charge is 2.10. The number of hydrogen-bond acceptors (Lipinski definition) is 3. The average Bonchev–Trinajstić information content (AvgIpc) is 2.73. The molecule has 0 bridgehead atoms. The lowest BCUT2D eigenvalue weighted by molar-refractivity contribution is -0.151. The van der Waals surface area contributed by atoms with E-state index in [0.717, 1.165) is 12.8 Å². The van der Waals surface area contributed by atoms with E-state index in [1.54, 1.807) is 0 Å². The van der Waals surface area contributed by atoms with Crippen molar-refractivity contribution < 1.29 is 14.6 Å². The number of esters is 1. The molecule has 0 aromatic rings. The van der Waals surface area contributed by atoms with E-state index < -0.39 is 0 Å². The molecule has 0 fully saturated rings. The van der Waals surface area contributed by atoms with Gasteiger partial charge in [0.1, 0.15) is 6.10 Å². The van der Waals surface area contributed by atoms with E-state index >= 15 is 0 Å². The van der Waals surface area contributed by atoms with Crippen LogP contribution in [0.2, 0.25) is 0 Å². The van der Waals surface area contributed by atoms with Crippen molar-refractivity contribution in [3.63, 3.8) is 0 Å². The highest BCUT2D eigenvalue weighted by atomic mass is 16.5. The van der Waals surface area contributed by atoms with Crippen LogP contribution in [0.1, 0.15) is 149 Å². The van der Waals surface area contributed by atoms with Gasteiger partial charge in [0.25, 0.3) is 0 Å². The molecule has 0 heterocycles. The number of carbonyl (C=O) groups is 1. The van der Waals surface area contributed by atoms with Crippen LogP contribution in [-0.4, -0.2) is 23.8 Å². The first-order chi connectivity index (χ1) is 14.2. The van der Waals surface area contributed by atoms with Crippen molar-refractivity contribution in [3.8, 4) is 0 Å². The van der Waals surface area contributed by atoms with E-state index in [9.17, 15) is 4.79 Å². The van der Waals surface area contributed by atoms with Crippen molar-refractivity contribution in [1.29, 1.82) is 0 Å². The van der Waals surface area contributed by atoms with Crippen LogP contribution in [-0.2, 0) is 9.53 Å². The first-order valence-corrected chi connectivity index (χ1v) is 13.0. The van der Waals surface area contributed by atoms with Crippen LogP contribution in [0.5, 0.6) is 0 Å². The first-order valence-electron chi connectivity index (χ1n) is 13.0. The summed E-state index contributed by atoms with van der Waals surface area (Å²) in [6, 6.07) is 0. The van der Waals surface area contributed by atoms with Crippen LogP contribution in [0, 0.1) is 0 Å². The van der Waals surface area contributed by atoms with Crippen LogP contribution in [0.4, 0.5) is 0 Å². The Hall–Kier alpha value is -0.570. The van der Waals surface area contributed by atoms with Crippen LogP contribution in [0.25, 0.3) is 0 Å². The molecule has 29 heavy (non-hydrogen) atoms. The summed E-state index contributed by atoms with van der Waals surface area (Å²) in [7, 11) is 0. The van der Waals surface area contributed by atoms with Gasteiger partial charge in [0.15, 0.2) is 0 Å². The Labute approximate surface area is 182 Å². The number of unbranched alkanes of at least 4 members (excludes halogenated alkanes) is 18. The summed E-state index contributed by atoms with van der Waals surface area (Å²) in [5.74, 6) is -0.155. The number of aliphatic hydroxyl groups is 1. The van der Waals surface area contributed by atoms with Crippen LogP contribution in [0.3, 0.4) is 0 Å². The van der Waals surface area contributed by atoms with Crippen molar-refractivity contribution >= 4 is 5.97 Å². The lowest BCUT2D eigenvalue weighted by Crippen LogP contribution is -2.20. The van der Waals surface area contributed by atoms with Gasteiger partial charge < -0.3 is 9.84 Å². The SMILES string of the molecule is CCCCCCCCCCCCCCCCCCCCCC(=O)OC(CC)CO. The minimum Gasteiger partial charge on any atom is -0.460 e. The van der Waals surface area contributed by atoms with Crippen LogP contribution < -0.4 is 0 Å². The monoisotopic (exact) mass is 412 g/mol. The molecule has 1 unspecified atom stereocenters. The molecule has 3 nitrogen and oxygen atoms in total. The zero-order chi connectivity index (χ0) is 21.4. The van der Waals surface area contributed by atoms with Crippen molar-refractivity contribution in [2.75, 3.05) is 6.61 Å². The second-order valence-electron chi connectivity index (χ2n) is 8.82. The van der Waals surface area contributed by atoms with E-state index in [2.05, 4.69) is 6.92 Å². The predicted octanol–water partition coefficient (Wildman–Crippen LogP) is 8.12. The maximum Gasteiger partial charge on any atom is 0.306 e. The molecule has 0 aliphatic rings. The van der Waals surface area contributed by atoms with Crippen molar-refractivity contribution in [1.82, 2.24) is 0 Å². The molecule has 3 heteroatoms. The Bertz CT molecular complexity index is 326. The van der Waals surface area contributed by atoms with Gasteiger partial charge in [-0.15, -0.1) is 0 Å². The van der Waals surface area contributed by atoms with Gasteiger partial charge in [-0.1, -0.05) is 129 Å². The Kier molecular flexibility index (Phi) is 23.2. The van der Waals surface area contributed by atoms with Crippen molar-refractivity contribution in [2.24, 2.45) is 0 Å². The van der Waals surface area contributed by atoms with Gasteiger partial charge in [-0.2, -0.15) is 0 Å². The van der Waals surface area contributed by atoms with Gasteiger partial charge in [0, 0.05) is 6.42 Å². The molecule has 0 aromatic carbocycles. The Morgan fingerprint density at radius 2 is 0.966 bits per heavy atom. The quantitative estimate of drug-likeness (QED) is 0.136. The molecule has 0 radical (unpaired) electrons. The average molecular weight is 413 g/mol. The van der Waals surface area contributed by atoms with Crippen molar-refractivity contribution in [3.05, 3.63) is 0 Å². The topological polar surface area (TPSA) is 46.5 Å². The summed E-state index contributed by atoms with van der Waals surface area (Å²) >= 11 is 0. The fourth-order valence-corrected chi connectivity index (χ4v) is 3.84. The number of rotatable bonds is 23. The van der Waals surface area contributed by atoms with Crippen LogP contribution in [0.15, 0.2) is 0 Å².